The van der Waals surface area contributed by atoms with Gasteiger partial charge in [0.2, 0.25) is 11.9 Å². The molecule has 3 aromatic heterocycles. The van der Waals surface area contributed by atoms with Gasteiger partial charge in [0.05, 0.1) is 38.0 Å². The maximum Gasteiger partial charge on any atom is 0.222 e. The number of rotatable bonds is 9. The minimum Gasteiger partial charge on any atom is -0.495 e. The second kappa shape index (κ2) is 14.2. The first kappa shape index (κ1) is 33.0. The molecule has 0 aliphatic carbocycles. The molecule has 0 saturated heterocycles. The van der Waals surface area contributed by atoms with Gasteiger partial charge in [-0.1, -0.05) is 27.7 Å². The first-order chi connectivity index (χ1) is 21.9. The Morgan fingerprint density at radius 3 is 1.48 bits per heavy atom. The SMILES string of the molecule is COc1cc(C(C)C)c(Oc2cnc(N)nc2N)cc1-n1cccc1.COc1cc(C(C)C)c(Oc2cnc(N)nc2N)cc1N. The van der Waals surface area contributed by atoms with Crippen molar-refractivity contribution in [1.29, 1.82) is 0 Å². The molecule has 2 aromatic carbocycles. The molecular formula is C32H40N10O4. The van der Waals surface area contributed by atoms with Crippen molar-refractivity contribution in [3.05, 3.63) is 72.3 Å². The molecule has 46 heavy (non-hydrogen) atoms. The van der Waals surface area contributed by atoms with Crippen LogP contribution in [-0.2, 0) is 0 Å². The average molecular weight is 629 g/mol. The molecule has 0 amide bonds. The zero-order valence-electron chi connectivity index (χ0n) is 26.7. The lowest BCUT2D eigenvalue weighted by molar-refractivity contribution is 0.409. The third kappa shape index (κ3) is 7.59. The lowest BCUT2D eigenvalue weighted by Crippen LogP contribution is -2.04. The Balaban J connectivity index is 0.000000212. The van der Waals surface area contributed by atoms with Crippen molar-refractivity contribution in [1.82, 2.24) is 24.5 Å². The highest BCUT2D eigenvalue weighted by atomic mass is 16.5. The van der Waals surface area contributed by atoms with Crippen LogP contribution in [0.3, 0.4) is 0 Å². The summed E-state index contributed by atoms with van der Waals surface area (Å²) in [5.41, 5.74) is 31.9. The number of hydrogen-bond donors (Lipinski definition) is 5. The van der Waals surface area contributed by atoms with Crippen LogP contribution in [0.2, 0.25) is 0 Å². The Kier molecular flexibility index (Phi) is 10.2. The van der Waals surface area contributed by atoms with E-state index in [9.17, 15) is 0 Å². The lowest BCUT2D eigenvalue weighted by Gasteiger charge is -2.19. The van der Waals surface area contributed by atoms with Crippen molar-refractivity contribution >= 4 is 29.2 Å². The summed E-state index contributed by atoms with van der Waals surface area (Å²) in [5.74, 6) is 4.31. The van der Waals surface area contributed by atoms with E-state index in [4.69, 9.17) is 47.6 Å². The molecule has 0 aliphatic heterocycles. The van der Waals surface area contributed by atoms with E-state index in [0.717, 1.165) is 22.6 Å². The fourth-order valence-electron chi connectivity index (χ4n) is 4.46. The monoisotopic (exact) mass is 628 g/mol. The highest BCUT2D eigenvalue weighted by molar-refractivity contribution is 5.62. The van der Waals surface area contributed by atoms with E-state index in [2.05, 4.69) is 33.8 Å². The smallest absolute Gasteiger partial charge is 0.222 e. The molecule has 242 valence electrons. The summed E-state index contributed by atoms with van der Waals surface area (Å²) >= 11 is 0. The van der Waals surface area contributed by atoms with Crippen LogP contribution in [0.25, 0.3) is 5.69 Å². The van der Waals surface area contributed by atoms with E-state index in [1.807, 2.05) is 61.1 Å². The highest BCUT2D eigenvalue weighted by Gasteiger charge is 2.18. The van der Waals surface area contributed by atoms with Crippen LogP contribution in [0.1, 0.15) is 50.7 Å². The van der Waals surface area contributed by atoms with Crippen LogP contribution in [-0.4, -0.2) is 38.7 Å². The Labute approximate surface area is 267 Å². The Bertz CT molecular complexity index is 1790. The Morgan fingerprint density at radius 1 is 0.587 bits per heavy atom. The Morgan fingerprint density at radius 2 is 1.04 bits per heavy atom. The number of anilines is 5. The highest BCUT2D eigenvalue weighted by Crippen LogP contribution is 2.40. The topological polar surface area (TPSA) is 224 Å². The van der Waals surface area contributed by atoms with Gasteiger partial charge in [-0.3, -0.25) is 0 Å². The maximum atomic E-state index is 6.02. The average Bonchev–Trinajstić information content (AvgIpc) is 3.55. The van der Waals surface area contributed by atoms with E-state index >= 15 is 0 Å². The predicted molar refractivity (Wildman–Crippen MR) is 180 cm³/mol. The van der Waals surface area contributed by atoms with Crippen molar-refractivity contribution in [3.8, 4) is 40.2 Å². The molecule has 5 aromatic rings. The molecule has 10 N–H and O–H groups in total. The summed E-state index contributed by atoms with van der Waals surface area (Å²) in [4.78, 5) is 15.6. The van der Waals surface area contributed by atoms with Crippen LogP contribution in [0, 0.1) is 0 Å². The number of nitrogens with zero attached hydrogens (tertiary/aromatic N) is 5. The summed E-state index contributed by atoms with van der Waals surface area (Å²) in [6, 6.07) is 11.3. The second-order valence-corrected chi connectivity index (χ2v) is 10.8. The summed E-state index contributed by atoms with van der Waals surface area (Å²) in [6.45, 7) is 8.25. The summed E-state index contributed by atoms with van der Waals surface area (Å²) in [5, 5.41) is 0. The number of nitrogen functional groups attached to an aromatic ring is 5. The minimum atomic E-state index is 0.0955. The first-order valence-corrected chi connectivity index (χ1v) is 14.4. The van der Waals surface area contributed by atoms with Gasteiger partial charge in [-0.2, -0.15) is 9.97 Å². The molecule has 0 atom stereocenters. The number of nitrogens with two attached hydrogens (primary N) is 5. The van der Waals surface area contributed by atoms with Crippen LogP contribution < -0.4 is 47.6 Å². The standard InChI is InChI=1S/C18H21N5O2.C14H19N5O2/c1-11(2)12-8-15(24-3)13(23-6-4-5-7-23)9-14(12)25-16-10-21-18(20)22-17(16)19;1-7(2)8-4-11(20-3)9(15)5-10(8)21-12-6-18-14(17)19-13(12)16/h4-11H,1-3H3,(H4,19,20,21,22);4-7H,15H2,1-3H3,(H4,16,17,18,19). The van der Waals surface area contributed by atoms with Crippen LogP contribution in [0.4, 0.5) is 29.2 Å². The van der Waals surface area contributed by atoms with Crippen molar-refractivity contribution < 1.29 is 18.9 Å². The van der Waals surface area contributed by atoms with Gasteiger partial charge >= 0.3 is 0 Å². The van der Waals surface area contributed by atoms with Gasteiger partial charge in [0, 0.05) is 35.7 Å². The zero-order valence-corrected chi connectivity index (χ0v) is 26.7. The fourth-order valence-corrected chi connectivity index (χ4v) is 4.46. The normalized spacial score (nSPS) is 10.8. The largest absolute Gasteiger partial charge is 0.495 e. The number of ether oxygens (including phenoxy) is 4. The van der Waals surface area contributed by atoms with Crippen LogP contribution in [0.15, 0.2) is 61.2 Å². The molecule has 0 radical (unpaired) electrons. The summed E-state index contributed by atoms with van der Waals surface area (Å²) < 4.78 is 24.6. The van der Waals surface area contributed by atoms with E-state index in [1.54, 1.807) is 20.3 Å². The molecule has 14 heteroatoms. The molecule has 0 fully saturated rings. The molecule has 0 aliphatic rings. The summed E-state index contributed by atoms with van der Waals surface area (Å²) in [7, 11) is 3.22. The van der Waals surface area contributed by atoms with Gasteiger partial charge in [0.15, 0.2) is 23.1 Å². The zero-order chi connectivity index (χ0) is 33.5. The van der Waals surface area contributed by atoms with Gasteiger partial charge in [-0.05, 0) is 36.1 Å². The number of aromatic nitrogens is 5. The lowest BCUT2D eigenvalue weighted by atomic mass is 10.0. The molecule has 0 bridgehead atoms. The minimum absolute atomic E-state index is 0.0955. The fraction of sp³-hybridized carbons (Fsp3) is 0.250. The van der Waals surface area contributed by atoms with E-state index in [-0.39, 0.29) is 35.4 Å². The maximum absolute atomic E-state index is 6.02. The summed E-state index contributed by atoms with van der Waals surface area (Å²) in [6.07, 6.45) is 6.79. The quantitative estimate of drug-likeness (QED) is 0.127. The van der Waals surface area contributed by atoms with E-state index < -0.39 is 0 Å². The molecular weight excluding hydrogens is 588 g/mol. The van der Waals surface area contributed by atoms with Crippen molar-refractivity contribution in [2.24, 2.45) is 0 Å². The number of methoxy groups -OCH3 is 2. The van der Waals surface area contributed by atoms with Gasteiger partial charge in [-0.15, -0.1) is 0 Å². The van der Waals surface area contributed by atoms with Crippen molar-refractivity contribution in [2.45, 2.75) is 39.5 Å². The number of hydrogen-bond acceptors (Lipinski definition) is 13. The molecule has 5 rings (SSSR count). The number of benzene rings is 2. The second-order valence-electron chi connectivity index (χ2n) is 10.8. The van der Waals surface area contributed by atoms with Gasteiger partial charge in [0.1, 0.15) is 23.0 Å². The third-order valence-electron chi connectivity index (χ3n) is 6.84. The van der Waals surface area contributed by atoms with Gasteiger partial charge in [-0.25, -0.2) is 9.97 Å². The molecule has 0 saturated carbocycles. The molecule has 3 heterocycles. The van der Waals surface area contributed by atoms with Crippen molar-refractivity contribution in [2.75, 3.05) is 42.9 Å². The van der Waals surface area contributed by atoms with Crippen molar-refractivity contribution in [3.63, 3.8) is 0 Å². The third-order valence-corrected chi connectivity index (χ3v) is 6.84. The molecule has 0 spiro atoms. The molecule has 14 nitrogen and oxygen atoms in total. The molecule has 0 unspecified atom stereocenters. The van der Waals surface area contributed by atoms with E-state index in [1.165, 1.54) is 12.4 Å². The van der Waals surface area contributed by atoms with Gasteiger partial charge in [0.25, 0.3) is 0 Å². The van der Waals surface area contributed by atoms with Crippen LogP contribution in [0.5, 0.6) is 34.5 Å². The van der Waals surface area contributed by atoms with Gasteiger partial charge < -0.3 is 52.2 Å². The van der Waals surface area contributed by atoms with Crippen LogP contribution >= 0.6 is 0 Å². The predicted octanol–water partition coefficient (Wildman–Crippen LogP) is 5.50. The Hall–Kier alpha value is -5.92. The van der Waals surface area contributed by atoms with E-state index in [0.29, 0.717) is 34.4 Å². The first-order valence-electron chi connectivity index (χ1n) is 14.4.